The molecule has 1 fully saturated rings. The summed E-state index contributed by atoms with van der Waals surface area (Å²) in [5.74, 6) is 1.90. The minimum absolute atomic E-state index is 0.203. The highest BCUT2D eigenvalue weighted by atomic mass is 16.5. The van der Waals surface area contributed by atoms with Crippen LogP contribution in [0, 0.1) is 0 Å². The molecule has 114 valence electrons. The van der Waals surface area contributed by atoms with Crippen molar-refractivity contribution in [3.8, 4) is 11.5 Å². The van der Waals surface area contributed by atoms with E-state index in [4.69, 9.17) is 19.9 Å². The van der Waals surface area contributed by atoms with Crippen LogP contribution in [0.15, 0.2) is 23.2 Å². The Bertz CT molecular complexity index is 513. The van der Waals surface area contributed by atoms with Gasteiger partial charge in [0.25, 0.3) is 0 Å². The molecule has 3 rings (SSSR count). The summed E-state index contributed by atoms with van der Waals surface area (Å²) in [6.45, 7) is 2.78. The van der Waals surface area contributed by atoms with Crippen LogP contribution in [0.25, 0.3) is 0 Å². The minimum atomic E-state index is 0.203. The van der Waals surface area contributed by atoms with Gasteiger partial charge >= 0.3 is 0 Å². The van der Waals surface area contributed by atoms with Crippen LogP contribution in [0.1, 0.15) is 19.3 Å². The molecule has 1 atom stereocenters. The maximum Gasteiger partial charge on any atom is 0.193 e. The number of nitrogens with zero attached hydrogens (tertiary/aromatic N) is 1. The van der Waals surface area contributed by atoms with Gasteiger partial charge in [-0.05, 0) is 25.0 Å². The molecule has 0 aliphatic carbocycles. The van der Waals surface area contributed by atoms with Crippen LogP contribution < -0.4 is 20.5 Å². The zero-order valence-electron chi connectivity index (χ0n) is 12.0. The predicted octanol–water partition coefficient (Wildman–Crippen LogP) is 1.75. The van der Waals surface area contributed by atoms with Crippen LogP contribution >= 0.6 is 0 Å². The molecule has 2 aliphatic rings. The summed E-state index contributed by atoms with van der Waals surface area (Å²) in [6.07, 6.45) is 3.26. The van der Waals surface area contributed by atoms with Gasteiger partial charge in [0.05, 0.1) is 25.9 Å². The lowest BCUT2D eigenvalue weighted by Crippen LogP contribution is -2.24. The molecule has 0 aromatic heterocycles. The molecule has 3 N–H and O–H groups in total. The number of anilines is 1. The monoisotopic (exact) mass is 291 g/mol. The first-order valence-corrected chi connectivity index (χ1v) is 7.39. The van der Waals surface area contributed by atoms with Gasteiger partial charge in [0, 0.05) is 24.8 Å². The normalized spacial score (nSPS) is 21.9. The Morgan fingerprint density at radius 3 is 2.86 bits per heavy atom. The van der Waals surface area contributed by atoms with Crippen LogP contribution in [0.2, 0.25) is 0 Å². The first-order valence-electron chi connectivity index (χ1n) is 7.39. The second-order valence-electron chi connectivity index (χ2n) is 5.20. The van der Waals surface area contributed by atoms with Crippen molar-refractivity contribution in [1.29, 1.82) is 0 Å². The first-order chi connectivity index (χ1) is 10.3. The van der Waals surface area contributed by atoms with Gasteiger partial charge in [-0.15, -0.1) is 0 Å². The molecule has 21 heavy (non-hydrogen) atoms. The van der Waals surface area contributed by atoms with E-state index < -0.39 is 0 Å². The Hall–Kier alpha value is -1.95. The largest absolute Gasteiger partial charge is 0.490 e. The molecule has 0 bridgehead atoms. The number of benzene rings is 1. The van der Waals surface area contributed by atoms with Crippen molar-refractivity contribution in [2.75, 3.05) is 31.7 Å². The van der Waals surface area contributed by atoms with Gasteiger partial charge in [-0.2, -0.15) is 0 Å². The fourth-order valence-corrected chi connectivity index (χ4v) is 2.42. The van der Waals surface area contributed by atoms with Crippen LogP contribution in [0.5, 0.6) is 11.5 Å². The van der Waals surface area contributed by atoms with Crippen LogP contribution in [-0.2, 0) is 4.74 Å². The third-order valence-corrected chi connectivity index (χ3v) is 3.51. The van der Waals surface area contributed by atoms with E-state index in [0.29, 0.717) is 25.7 Å². The highest BCUT2D eigenvalue weighted by molar-refractivity contribution is 5.92. The van der Waals surface area contributed by atoms with Gasteiger partial charge < -0.3 is 25.3 Å². The minimum Gasteiger partial charge on any atom is -0.490 e. The number of nitrogens with one attached hydrogen (secondary N) is 1. The van der Waals surface area contributed by atoms with Gasteiger partial charge in [-0.3, -0.25) is 4.99 Å². The van der Waals surface area contributed by atoms with E-state index in [2.05, 4.69) is 10.3 Å². The summed E-state index contributed by atoms with van der Waals surface area (Å²) in [5, 5.41) is 3.07. The van der Waals surface area contributed by atoms with E-state index in [1.54, 1.807) is 0 Å². The fraction of sp³-hybridized carbons (Fsp3) is 0.533. The summed E-state index contributed by atoms with van der Waals surface area (Å²) >= 11 is 0. The van der Waals surface area contributed by atoms with E-state index in [-0.39, 0.29) is 6.10 Å². The number of guanidine groups is 1. The van der Waals surface area contributed by atoms with Crippen molar-refractivity contribution < 1.29 is 14.2 Å². The van der Waals surface area contributed by atoms with Gasteiger partial charge in [0.15, 0.2) is 17.5 Å². The number of rotatable bonds is 3. The molecule has 0 radical (unpaired) electrons. The second kappa shape index (κ2) is 6.67. The molecule has 1 aromatic carbocycles. The van der Waals surface area contributed by atoms with Crippen molar-refractivity contribution in [3.05, 3.63) is 18.2 Å². The van der Waals surface area contributed by atoms with Gasteiger partial charge in [-0.1, -0.05) is 0 Å². The topological polar surface area (TPSA) is 78.1 Å². The number of hydrogen-bond acceptors (Lipinski definition) is 4. The molecule has 0 spiro atoms. The SMILES string of the molecule is NC(=NCC1CCCO1)Nc1ccc2c(c1)OCCCO2. The molecular weight excluding hydrogens is 270 g/mol. The smallest absolute Gasteiger partial charge is 0.193 e. The Morgan fingerprint density at radius 1 is 1.19 bits per heavy atom. The Morgan fingerprint density at radius 2 is 2.05 bits per heavy atom. The standard InChI is InChI=1S/C15H21N3O3/c16-15(17-10-12-3-1-6-19-12)18-11-4-5-13-14(9-11)21-8-2-7-20-13/h4-5,9,12H,1-3,6-8,10H2,(H3,16,17,18). The average Bonchev–Trinajstić information content (AvgIpc) is 2.90. The van der Waals surface area contributed by atoms with Crippen molar-refractivity contribution in [1.82, 2.24) is 0 Å². The molecule has 1 saturated heterocycles. The van der Waals surface area contributed by atoms with Gasteiger partial charge in [0.2, 0.25) is 0 Å². The lowest BCUT2D eigenvalue weighted by atomic mass is 10.2. The van der Waals surface area contributed by atoms with E-state index in [9.17, 15) is 0 Å². The number of fused-ring (bicyclic) bond motifs is 1. The lowest BCUT2D eigenvalue weighted by molar-refractivity contribution is 0.118. The zero-order valence-corrected chi connectivity index (χ0v) is 12.0. The fourth-order valence-electron chi connectivity index (χ4n) is 2.42. The zero-order chi connectivity index (χ0) is 14.5. The summed E-state index contributed by atoms with van der Waals surface area (Å²) < 4.78 is 16.8. The summed E-state index contributed by atoms with van der Waals surface area (Å²) in [7, 11) is 0. The first kappa shape index (κ1) is 14.0. The molecule has 0 saturated carbocycles. The number of hydrogen-bond donors (Lipinski definition) is 2. The van der Waals surface area contributed by atoms with E-state index in [0.717, 1.165) is 43.1 Å². The lowest BCUT2D eigenvalue weighted by Gasteiger charge is -2.11. The van der Waals surface area contributed by atoms with Gasteiger partial charge in [0.1, 0.15) is 0 Å². The number of ether oxygens (including phenoxy) is 3. The Balaban J connectivity index is 1.61. The number of aliphatic imine (C=N–C) groups is 1. The maximum absolute atomic E-state index is 5.90. The van der Waals surface area contributed by atoms with Crippen molar-refractivity contribution >= 4 is 11.6 Å². The Labute approximate surface area is 124 Å². The average molecular weight is 291 g/mol. The van der Waals surface area contributed by atoms with Crippen LogP contribution in [0.4, 0.5) is 5.69 Å². The third-order valence-electron chi connectivity index (χ3n) is 3.51. The second-order valence-corrected chi connectivity index (χ2v) is 5.20. The van der Waals surface area contributed by atoms with Crippen molar-refractivity contribution in [2.24, 2.45) is 10.7 Å². The van der Waals surface area contributed by atoms with Gasteiger partial charge in [-0.25, -0.2) is 0 Å². The van der Waals surface area contributed by atoms with Crippen molar-refractivity contribution in [2.45, 2.75) is 25.4 Å². The quantitative estimate of drug-likeness (QED) is 0.655. The number of nitrogens with two attached hydrogens (primary N) is 1. The van der Waals surface area contributed by atoms with E-state index in [1.165, 1.54) is 0 Å². The Kier molecular flexibility index (Phi) is 4.45. The molecular formula is C15H21N3O3. The molecule has 6 heteroatoms. The van der Waals surface area contributed by atoms with Crippen LogP contribution in [-0.4, -0.2) is 38.4 Å². The van der Waals surface area contributed by atoms with Crippen LogP contribution in [0.3, 0.4) is 0 Å². The highest BCUT2D eigenvalue weighted by Gasteiger charge is 2.15. The molecule has 2 aliphatic heterocycles. The summed E-state index contributed by atoms with van der Waals surface area (Å²) in [5.41, 5.74) is 6.74. The van der Waals surface area contributed by atoms with E-state index >= 15 is 0 Å². The summed E-state index contributed by atoms with van der Waals surface area (Å²) in [4.78, 5) is 4.32. The van der Waals surface area contributed by atoms with Crippen molar-refractivity contribution in [3.63, 3.8) is 0 Å². The highest BCUT2D eigenvalue weighted by Crippen LogP contribution is 2.32. The molecule has 1 unspecified atom stereocenters. The molecule has 0 amide bonds. The third kappa shape index (κ3) is 3.78. The summed E-state index contributed by atoms with van der Waals surface area (Å²) in [6, 6.07) is 5.67. The molecule has 1 aromatic rings. The maximum atomic E-state index is 5.90. The predicted molar refractivity (Wildman–Crippen MR) is 81.1 cm³/mol. The van der Waals surface area contributed by atoms with E-state index in [1.807, 2.05) is 18.2 Å². The molecule has 2 heterocycles. The molecule has 6 nitrogen and oxygen atoms in total.